The summed E-state index contributed by atoms with van der Waals surface area (Å²) >= 11 is 0. The molecule has 4 heterocycles. The number of fused-ring (bicyclic) bond motifs is 3. The van der Waals surface area contributed by atoms with Gasteiger partial charge in [0.25, 0.3) is 0 Å². The van der Waals surface area contributed by atoms with Crippen LogP contribution in [0.1, 0.15) is 12.2 Å². The lowest BCUT2D eigenvalue weighted by Gasteiger charge is -2.20. The average Bonchev–Trinajstić information content (AvgIpc) is 3.27. The molecule has 1 unspecified atom stereocenters. The zero-order valence-corrected chi connectivity index (χ0v) is 13.7. The normalized spacial score (nSPS) is 17.1. The summed E-state index contributed by atoms with van der Waals surface area (Å²) in [6.45, 7) is 3.17. The van der Waals surface area contributed by atoms with Gasteiger partial charge in [0, 0.05) is 24.7 Å². The van der Waals surface area contributed by atoms with Crippen molar-refractivity contribution < 1.29 is 4.79 Å². The van der Waals surface area contributed by atoms with Crippen LogP contribution in [0.4, 0.5) is 5.82 Å². The number of nitrogens with one attached hydrogen (secondary N) is 2. The maximum atomic E-state index is 12.1. The molecule has 1 atom stereocenters. The van der Waals surface area contributed by atoms with Gasteiger partial charge < -0.3 is 15.2 Å². The van der Waals surface area contributed by atoms with E-state index in [9.17, 15) is 4.79 Å². The summed E-state index contributed by atoms with van der Waals surface area (Å²) in [4.78, 5) is 26.2. The van der Waals surface area contributed by atoms with E-state index in [4.69, 9.17) is 5.26 Å². The Hall–Kier alpha value is -3.28. The Kier molecular flexibility index (Phi) is 3.65. The molecule has 0 radical (unpaired) electrons. The number of H-pyrrole nitrogens is 1. The lowest BCUT2D eigenvalue weighted by atomic mass is 10.1. The van der Waals surface area contributed by atoms with E-state index in [0.717, 1.165) is 28.8 Å². The van der Waals surface area contributed by atoms with E-state index in [0.29, 0.717) is 24.4 Å². The number of anilines is 1. The number of amides is 1. The van der Waals surface area contributed by atoms with E-state index in [-0.39, 0.29) is 18.4 Å². The van der Waals surface area contributed by atoms with Crippen LogP contribution in [0.15, 0.2) is 12.3 Å². The van der Waals surface area contributed by atoms with Crippen molar-refractivity contribution in [3.8, 4) is 6.07 Å². The molecule has 9 heteroatoms. The Bertz CT molecular complexity index is 1000. The SMILES string of the molecule is Cc1nc(N2CCC(C(=O)NCC#N)C2)c2c(nnc3nccc32)[nH]1. The van der Waals surface area contributed by atoms with Crippen molar-refractivity contribution in [1.29, 1.82) is 5.26 Å². The second-order valence-electron chi connectivity index (χ2n) is 6.06. The number of hydrogen-bond acceptors (Lipinski definition) is 7. The van der Waals surface area contributed by atoms with Crippen molar-refractivity contribution in [3.63, 3.8) is 0 Å². The maximum absolute atomic E-state index is 12.1. The Balaban J connectivity index is 1.73. The molecule has 3 aromatic rings. The minimum atomic E-state index is -0.155. The summed E-state index contributed by atoms with van der Waals surface area (Å²) in [6.07, 6.45) is 2.42. The molecule has 3 aromatic heterocycles. The number of aromatic amines is 1. The van der Waals surface area contributed by atoms with E-state index in [1.165, 1.54) is 0 Å². The molecule has 0 bridgehead atoms. The van der Waals surface area contributed by atoms with Gasteiger partial charge in [0.1, 0.15) is 18.2 Å². The fourth-order valence-electron chi connectivity index (χ4n) is 3.27. The van der Waals surface area contributed by atoms with Gasteiger partial charge >= 0.3 is 0 Å². The fourth-order valence-corrected chi connectivity index (χ4v) is 3.27. The Morgan fingerprint density at radius 2 is 2.40 bits per heavy atom. The number of carbonyl (C=O) groups is 1. The first-order chi connectivity index (χ1) is 12.2. The highest BCUT2D eigenvalue weighted by Gasteiger charge is 2.30. The summed E-state index contributed by atoms with van der Waals surface area (Å²) < 4.78 is 0. The highest BCUT2D eigenvalue weighted by molar-refractivity contribution is 6.07. The van der Waals surface area contributed by atoms with Crippen LogP contribution in [-0.2, 0) is 4.79 Å². The first-order valence-electron chi connectivity index (χ1n) is 8.04. The summed E-state index contributed by atoms with van der Waals surface area (Å²) in [5.41, 5.74) is 1.23. The van der Waals surface area contributed by atoms with Crippen LogP contribution in [-0.4, -0.2) is 50.7 Å². The minimum Gasteiger partial charge on any atom is -0.355 e. The van der Waals surface area contributed by atoms with Crippen LogP contribution >= 0.6 is 0 Å². The molecular formula is C16H16N8O. The van der Waals surface area contributed by atoms with Crippen molar-refractivity contribution in [1.82, 2.24) is 30.5 Å². The molecule has 126 valence electrons. The van der Waals surface area contributed by atoms with Crippen molar-refractivity contribution in [2.75, 3.05) is 24.5 Å². The first-order valence-corrected chi connectivity index (χ1v) is 8.04. The highest BCUT2D eigenvalue weighted by Crippen LogP contribution is 2.32. The molecule has 1 amide bonds. The maximum Gasteiger partial charge on any atom is 0.225 e. The quantitative estimate of drug-likeness (QED) is 0.674. The lowest BCUT2D eigenvalue weighted by molar-refractivity contribution is -0.124. The van der Waals surface area contributed by atoms with Crippen LogP contribution in [0.5, 0.6) is 0 Å². The molecule has 2 N–H and O–H groups in total. The number of nitrogens with zero attached hydrogens (tertiary/aromatic N) is 6. The molecule has 1 saturated heterocycles. The van der Waals surface area contributed by atoms with Crippen molar-refractivity contribution >= 4 is 33.8 Å². The topological polar surface area (TPSA) is 123 Å². The van der Waals surface area contributed by atoms with Crippen molar-refractivity contribution in [3.05, 3.63) is 18.1 Å². The predicted molar refractivity (Wildman–Crippen MR) is 90.7 cm³/mol. The van der Waals surface area contributed by atoms with E-state index < -0.39 is 0 Å². The predicted octanol–water partition coefficient (Wildman–Crippen LogP) is 0.676. The molecule has 0 saturated carbocycles. The van der Waals surface area contributed by atoms with Crippen LogP contribution < -0.4 is 10.2 Å². The van der Waals surface area contributed by atoms with E-state index in [2.05, 4.69) is 35.4 Å². The second kappa shape index (κ2) is 5.98. The number of nitriles is 1. The molecule has 1 fully saturated rings. The van der Waals surface area contributed by atoms with Gasteiger partial charge in [-0.1, -0.05) is 0 Å². The van der Waals surface area contributed by atoms with Gasteiger partial charge in [-0.25, -0.2) is 9.97 Å². The molecule has 4 rings (SSSR count). The monoisotopic (exact) mass is 336 g/mol. The molecule has 1 aliphatic heterocycles. The molecule has 25 heavy (non-hydrogen) atoms. The van der Waals surface area contributed by atoms with Gasteiger partial charge in [0.05, 0.1) is 17.4 Å². The smallest absolute Gasteiger partial charge is 0.225 e. The fraction of sp³-hybridized carbons (Fsp3) is 0.375. The third-order valence-electron chi connectivity index (χ3n) is 4.43. The van der Waals surface area contributed by atoms with Gasteiger partial charge in [-0.05, 0) is 19.4 Å². The summed E-state index contributed by atoms with van der Waals surface area (Å²) in [5.74, 6) is 1.27. The van der Waals surface area contributed by atoms with Gasteiger partial charge in [-0.15, -0.1) is 10.2 Å². The Morgan fingerprint density at radius 1 is 1.52 bits per heavy atom. The van der Waals surface area contributed by atoms with Gasteiger partial charge in [-0.2, -0.15) is 5.26 Å². The molecule has 0 aromatic carbocycles. The summed E-state index contributed by atoms with van der Waals surface area (Å²) in [6, 6.07) is 3.83. The number of aromatic nitrogens is 5. The van der Waals surface area contributed by atoms with E-state index in [1.54, 1.807) is 6.20 Å². The van der Waals surface area contributed by atoms with Crippen molar-refractivity contribution in [2.24, 2.45) is 5.92 Å². The largest absolute Gasteiger partial charge is 0.355 e. The van der Waals surface area contributed by atoms with Crippen LogP contribution in [0.3, 0.4) is 0 Å². The zero-order chi connectivity index (χ0) is 17.4. The van der Waals surface area contributed by atoms with Crippen LogP contribution in [0.2, 0.25) is 0 Å². The minimum absolute atomic E-state index is 0.0331. The van der Waals surface area contributed by atoms with Gasteiger partial charge in [0.15, 0.2) is 11.3 Å². The average molecular weight is 336 g/mol. The second-order valence-corrected chi connectivity index (χ2v) is 6.06. The van der Waals surface area contributed by atoms with E-state index >= 15 is 0 Å². The number of aryl methyl sites for hydroxylation is 1. The summed E-state index contributed by atoms with van der Waals surface area (Å²) in [7, 11) is 0. The molecule has 0 spiro atoms. The van der Waals surface area contributed by atoms with Gasteiger partial charge in [-0.3, -0.25) is 4.79 Å². The van der Waals surface area contributed by atoms with E-state index in [1.807, 2.05) is 19.1 Å². The van der Waals surface area contributed by atoms with Crippen LogP contribution in [0.25, 0.3) is 22.1 Å². The molecule has 1 aliphatic rings. The molecule has 9 nitrogen and oxygen atoms in total. The number of rotatable bonds is 3. The highest BCUT2D eigenvalue weighted by atomic mass is 16.1. The zero-order valence-electron chi connectivity index (χ0n) is 13.7. The molecular weight excluding hydrogens is 320 g/mol. The Labute approximate surface area is 143 Å². The summed E-state index contributed by atoms with van der Waals surface area (Å²) in [5, 5.41) is 21.3. The third-order valence-corrected chi connectivity index (χ3v) is 4.43. The van der Waals surface area contributed by atoms with Crippen molar-refractivity contribution in [2.45, 2.75) is 13.3 Å². The first kappa shape index (κ1) is 15.3. The number of carbonyl (C=O) groups excluding carboxylic acids is 1. The standard InChI is InChI=1S/C16H16N8O/c1-9-20-14-12(11-2-5-18-13(11)22-23-14)15(21-9)24-7-3-10(8-24)16(25)19-6-4-17/h2,5,10H,3,6-8H2,1H3,(H,19,25)(H,20,21,23). The van der Waals surface area contributed by atoms with Gasteiger partial charge in [0.2, 0.25) is 5.91 Å². The lowest BCUT2D eigenvalue weighted by Crippen LogP contribution is -2.33. The Morgan fingerprint density at radius 3 is 3.24 bits per heavy atom. The number of hydrogen-bond donors (Lipinski definition) is 2. The molecule has 0 aliphatic carbocycles. The third kappa shape index (κ3) is 2.61. The van der Waals surface area contributed by atoms with Crippen LogP contribution in [0, 0.1) is 24.2 Å².